The number of carbonyl (C=O) groups excluding carboxylic acids is 1. The maximum Gasteiger partial charge on any atom is 0.252 e. The first-order valence-electron chi connectivity index (χ1n) is 15.7. The predicted molar refractivity (Wildman–Crippen MR) is 181 cm³/mol. The number of rotatable bonds is 16. The van der Waals surface area contributed by atoms with Gasteiger partial charge in [0.05, 0.1) is 17.3 Å². The Morgan fingerprint density at radius 1 is 0.851 bits per heavy atom. The van der Waals surface area contributed by atoms with Gasteiger partial charge in [-0.15, -0.1) is 0 Å². The summed E-state index contributed by atoms with van der Waals surface area (Å²) in [6, 6.07) is 33.0. The topological polar surface area (TPSA) is 124 Å². The summed E-state index contributed by atoms with van der Waals surface area (Å²) >= 11 is 0. The number of methoxy groups -OCH3 is 1. The van der Waals surface area contributed by atoms with Crippen LogP contribution in [0.25, 0.3) is 11.1 Å². The third kappa shape index (κ3) is 8.26. The highest BCUT2D eigenvalue weighted by Gasteiger charge is 2.53. The number of ether oxygens (including phenoxy) is 3. The molecule has 246 valence electrons. The summed E-state index contributed by atoms with van der Waals surface area (Å²) < 4.78 is 44.4. The van der Waals surface area contributed by atoms with Crippen LogP contribution in [0.15, 0.2) is 119 Å². The number of aliphatic hydroxyl groups excluding tert-OH is 1. The first-order valence-corrected chi connectivity index (χ1v) is 17.3. The summed E-state index contributed by atoms with van der Waals surface area (Å²) in [7, 11) is -2.16. The lowest BCUT2D eigenvalue weighted by Gasteiger charge is -2.30. The smallest absolute Gasteiger partial charge is 0.252 e. The van der Waals surface area contributed by atoms with E-state index in [1.54, 1.807) is 61.7 Å². The Kier molecular flexibility index (Phi) is 11.4. The molecule has 4 aromatic carbocycles. The molecular formula is C37H40N2O7S. The molecule has 0 fully saturated rings. The molecule has 0 bridgehead atoms. The van der Waals surface area contributed by atoms with Crippen LogP contribution >= 0.6 is 0 Å². The highest BCUT2D eigenvalue weighted by atomic mass is 32.2. The highest BCUT2D eigenvalue weighted by molar-refractivity contribution is 7.91. The Morgan fingerprint density at radius 2 is 1.49 bits per heavy atom. The molecule has 9 nitrogen and oxygen atoms in total. The summed E-state index contributed by atoms with van der Waals surface area (Å²) in [5, 5.41) is 12.1. The van der Waals surface area contributed by atoms with Crippen molar-refractivity contribution in [3.8, 4) is 16.9 Å². The average molecular weight is 657 g/mol. The number of amides is 1. The van der Waals surface area contributed by atoms with Crippen molar-refractivity contribution in [3.05, 3.63) is 120 Å². The first kappa shape index (κ1) is 33.8. The lowest BCUT2D eigenvalue weighted by molar-refractivity contribution is -0.129. The van der Waals surface area contributed by atoms with E-state index in [9.17, 15) is 13.2 Å². The highest BCUT2D eigenvalue weighted by Crippen LogP contribution is 2.43. The van der Waals surface area contributed by atoms with Gasteiger partial charge in [-0.05, 0) is 59.5 Å². The molecule has 1 aliphatic rings. The quantitative estimate of drug-likeness (QED) is 0.155. The summed E-state index contributed by atoms with van der Waals surface area (Å²) in [5.41, 5.74) is 1.75. The van der Waals surface area contributed by atoms with Gasteiger partial charge < -0.3 is 24.6 Å². The second-order valence-electron chi connectivity index (χ2n) is 11.3. The molecule has 10 heteroatoms. The van der Waals surface area contributed by atoms with Gasteiger partial charge in [-0.1, -0.05) is 72.8 Å². The van der Waals surface area contributed by atoms with E-state index in [1.807, 2.05) is 54.6 Å². The summed E-state index contributed by atoms with van der Waals surface area (Å²) in [6.45, 7) is 1.19. The molecule has 5 rings (SSSR count). The number of aliphatic imine (C=N–C) groups is 1. The molecule has 1 amide bonds. The van der Waals surface area contributed by atoms with Crippen LogP contribution in [-0.2, 0) is 24.1 Å². The molecular weight excluding hydrogens is 616 g/mol. The number of sulfone groups is 1. The van der Waals surface area contributed by atoms with Gasteiger partial charge in [-0.2, -0.15) is 0 Å². The average Bonchev–Trinajstić information content (AvgIpc) is 3.51. The van der Waals surface area contributed by atoms with Gasteiger partial charge in [0.2, 0.25) is 5.90 Å². The number of hydrogen-bond acceptors (Lipinski definition) is 8. The molecule has 0 saturated heterocycles. The monoisotopic (exact) mass is 656 g/mol. The Hall–Kier alpha value is -4.51. The van der Waals surface area contributed by atoms with Crippen LogP contribution in [0.4, 0.5) is 0 Å². The molecule has 2 atom stereocenters. The minimum Gasteiger partial charge on any atom is -0.494 e. The minimum absolute atomic E-state index is 0.0338. The van der Waals surface area contributed by atoms with E-state index >= 15 is 0 Å². The van der Waals surface area contributed by atoms with Crippen LogP contribution in [-0.4, -0.2) is 70.1 Å². The zero-order chi connectivity index (χ0) is 33.1. The van der Waals surface area contributed by atoms with E-state index in [-0.39, 0.29) is 29.6 Å². The third-order valence-electron chi connectivity index (χ3n) is 8.02. The Labute approximate surface area is 276 Å². The van der Waals surface area contributed by atoms with Crippen molar-refractivity contribution in [2.24, 2.45) is 4.99 Å². The molecule has 1 aliphatic heterocycles. The van der Waals surface area contributed by atoms with Crippen molar-refractivity contribution in [2.45, 2.75) is 35.8 Å². The second kappa shape index (κ2) is 15.9. The molecule has 0 aromatic heterocycles. The lowest BCUT2D eigenvalue weighted by Crippen LogP contribution is -2.49. The number of carbonyl (C=O) groups is 1. The van der Waals surface area contributed by atoms with E-state index in [0.717, 1.165) is 11.1 Å². The normalized spacial score (nSPS) is 17.5. The van der Waals surface area contributed by atoms with Gasteiger partial charge in [0.15, 0.2) is 21.5 Å². The molecule has 0 radical (unpaired) electrons. The maximum absolute atomic E-state index is 14.3. The van der Waals surface area contributed by atoms with Gasteiger partial charge in [-0.3, -0.25) is 4.79 Å². The van der Waals surface area contributed by atoms with Crippen LogP contribution < -0.4 is 10.1 Å². The van der Waals surface area contributed by atoms with Crippen molar-refractivity contribution < 1.29 is 32.5 Å². The summed E-state index contributed by atoms with van der Waals surface area (Å²) in [6.07, 6.45) is 0.0657. The fraction of sp³-hybridized carbons (Fsp3) is 0.297. The fourth-order valence-corrected chi connectivity index (χ4v) is 6.85. The number of aliphatic hydroxyl groups is 1. The number of nitrogens with one attached hydrogen (secondary N) is 1. The number of benzene rings is 4. The number of hydrogen-bond donors (Lipinski definition) is 2. The zero-order valence-corrected chi connectivity index (χ0v) is 27.2. The van der Waals surface area contributed by atoms with Crippen LogP contribution in [0.1, 0.15) is 36.5 Å². The lowest BCUT2D eigenvalue weighted by atomic mass is 9.84. The van der Waals surface area contributed by atoms with E-state index in [1.165, 1.54) is 0 Å². The van der Waals surface area contributed by atoms with Gasteiger partial charge in [0, 0.05) is 45.3 Å². The van der Waals surface area contributed by atoms with Crippen molar-refractivity contribution in [2.75, 3.05) is 39.2 Å². The predicted octanol–water partition coefficient (Wildman–Crippen LogP) is 5.39. The van der Waals surface area contributed by atoms with Crippen LogP contribution in [0.5, 0.6) is 5.75 Å². The third-order valence-corrected chi connectivity index (χ3v) is 9.75. The standard InChI is InChI=1S/C37H40N2O7S/c1-44-25-8-23-38-36(41)37(22-27-47(42,43)33-12-6-3-7-13-33)34(30-16-14-29(15-17-30)28-10-4-2-5-11-28)46-35(39-37)31-18-20-32(21-19-31)45-26-9-24-40/h2-7,10-21,34,40H,8-9,22-27H2,1H3,(H,38,41)/t34-,37-/m1/s1. The molecule has 2 N–H and O–H groups in total. The SMILES string of the molecule is COCCCNC(=O)[C@]1(CCS(=O)(=O)c2ccccc2)N=C(c2ccc(OCCCO)cc2)O[C@@H]1c1ccc(-c2ccccc2)cc1. The molecule has 0 aliphatic carbocycles. The molecule has 0 unspecified atom stereocenters. The second-order valence-corrected chi connectivity index (χ2v) is 13.4. The zero-order valence-electron chi connectivity index (χ0n) is 26.4. The molecule has 4 aromatic rings. The summed E-state index contributed by atoms with van der Waals surface area (Å²) in [4.78, 5) is 19.4. The molecule has 47 heavy (non-hydrogen) atoms. The van der Waals surface area contributed by atoms with Crippen molar-refractivity contribution in [3.63, 3.8) is 0 Å². The minimum atomic E-state index is -3.75. The Bertz CT molecular complexity index is 1730. The van der Waals surface area contributed by atoms with Gasteiger partial charge in [-0.25, -0.2) is 13.4 Å². The van der Waals surface area contributed by atoms with E-state index < -0.39 is 27.4 Å². The summed E-state index contributed by atoms with van der Waals surface area (Å²) in [5.74, 6) is 0.102. The largest absolute Gasteiger partial charge is 0.494 e. The van der Waals surface area contributed by atoms with Gasteiger partial charge >= 0.3 is 0 Å². The Morgan fingerprint density at radius 3 is 2.15 bits per heavy atom. The molecule has 0 saturated carbocycles. The first-order chi connectivity index (χ1) is 22.9. The molecule has 0 spiro atoms. The van der Waals surface area contributed by atoms with Crippen molar-refractivity contribution >= 4 is 21.6 Å². The van der Waals surface area contributed by atoms with E-state index in [0.29, 0.717) is 49.5 Å². The Balaban J connectivity index is 1.54. The molecule has 1 heterocycles. The van der Waals surface area contributed by atoms with Gasteiger partial charge in [0.25, 0.3) is 5.91 Å². The van der Waals surface area contributed by atoms with E-state index in [2.05, 4.69) is 5.32 Å². The van der Waals surface area contributed by atoms with E-state index in [4.69, 9.17) is 24.3 Å². The maximum atomic E-state index is 14.3. The van der Waals surface area contributed by atoms with Crippen LogP contribution in [0, 0.1) is 0 Å². The van der Waals surface area contributed by atoms with Crippen LogP contribution in [0.2, 0.25) is 0 Å². The number of nitrogens with zero attached hydrogens (tertiary/aromatic N) is 1. The van der Waals surface area contributed by atoms with Crippen LogP contribution in [0.3, 0.4) is 0 Å². The van der Waals surface area contributed by atoms with Crippen molar-refractivity contribution in [1.82, 2.24) is 5.32 Å². The van der Waals surface area contributed by atoms with Crippen molar-refractivity contribution in [1.29, 1.82) is 0 Å². The van der Waals surface area contributed by atoms with Gasteiger partial charge in [0.1, 0.15) is 5.75 Å². The fourth-order valence-electron chi connectivity index (χ4n) is 5.46.